The van der Waals surface area contributed by atoms with Crippen molar-refractivity contribution in [3.05, 3.63) is 59.9 Å². The Morgan fingerprint density at radius 3 is 2.43 bits per heavy atom. The molecule has 23 heavy (non-hydrogen) atoms. The van der Waals surface area contributed by atoms with E-state index < -0.39 is 0 Å². The van der Waals surface area contributed by atoms with Gasteiger partial charge in [-0.15, -0.1) is 0 Å². The Morgan fingerprint density at radius 2 is 1.65 bits per heavy atom. The number of para-hydroxylation sites is 2. The molecule has 1 fully saturated rings. The van der Waals surface area contributed by atoms with Crippen molar-refractivity contribution in [3.8, 4) is 0 Å². The summed E-state index contributed by atoms with van der Waals surface area (Å²) >= 11 is 0. The summed E-state index contributed by atoms with van der Waals surface area (Å²) in [5, 5.41) is 0. The molecule has 1 aromatic heterocycles. The molecule has 0 spiro atoms. The van der Waals surface area contributed by atoms with Gasteiger partial charge >= 0.3 is 0 Å². The van der Waals surface area contributed by atoms with E-state index in [0.29, 0.717) is 6.54 Å². The van der Waals surface area contributed by atoms with Crippen LogP contribution in [0.25, 0.3) is 11.0 Å². The van der Waals surface area contributed by atoms with Crippen molar-refractivity contribution in [2.75, 3.05) is 18.0 Å². The summed E-state index contributed by atoms with van der Waals surface area (Å²) < 4.78 is 15.4. The summed E-state index contributed by atoms with van der Waals surface area (Å²) in [6.07, 6.45) is 3.74. The molecule has 1 aliphatic rings. The Hall–Kier alpha value is -2.36. The third-order valence-corrected chi connectivity index (χ3v) is 4.53. The van der Waals surface area contributed by atoms with Gasteiger partial charge in [0.2, 0.25) is 5.95 Å². The predicted molar refractivity (Wildman–Crippen MR) is 91.3 cm³/mol. The molecule has 4 heteroatoms. The van der Waals surface area contributed by atoms with Crippen LogP contribution in [0, 0.1) is 5.82 Å². The normalized spacial score (nSPS) is 15.3. The van der Waals surface area contributed by atoms with Gasteiger partial charge in [-0.05, 0) is 49.1 Å². The van der Waals surface area contributed by atoms with Gasteiger partial charge in [-0.3, -0.25) is 0 Å². The van der Waals surface area contributed by atoms with E-state index in [0.717, 1.165) is 35.6 Å². The minimum atomic E-state index is -0.194. The van der Waals surface area contributed by atoms with Gasteiger partial charge in [0.25, 0.3) is 0 Å². The van der Waals surface area contributed by atoms with Gasteiger partial charge < -0.3 is 9.47 Å². The van der Waals surface area contributed by atoms with Gasteiger partial charge in [0, 0.05) is 13.1 Å². The lowest BCUT2D eigenvalue weighted by Gasteiger charge is -2.28. The lowest BCUT2D eigenvalue weighted by Crippen LogP contribution is -2.32. The first-order valence-corrected chi connectivity index (χ1v) is 8.26. The van der Waals surface area contributed by atoms with Crippen LogP contribution in [0.5, 0.6) is 0 Å². The average molecular weight is 309 g/mol. The Morgan fingerprint density at radius 1 is 0.913 bits per heavy atom. The molecule has 0 bridgehead atoms. The molecule has 0 amide bonds. The Labute approximate surface area is 135 Å². The number of nitrogens with zero attached hydrogens (tertiary/aromatic N) is 3. The second kappa shape index (κ2) is 6.03. The van der Waals surface area contributed by atoms with E-state index in [1.54, 1.807) is 0 Å². The highest BCUT2D eigenvalue weighted by atomic mass is 19.1. The minimum absolute atomic E-state index is 0.194. The van der Waals surface area contributed by atoms with Crippen LogP contribution in [-0.2, 0) is 6.54 Å². The van der Waals surface area contributed by atoms with Crippen molar-refractivity contribution >= 4 is 17.0 Å². The van der Waals surface area contributed by atoms with Crippen LogP contribution in [0.2, 0.25) is 0 Å². The summed E-state index contributed by atoms with van der Waals surface area (Å²) in [7, 11) is 0. The molecular formula is C19H20FN3. The number of imidazole rings is 1. The number of piperidine rings is 1. The number of aromatic nitrogens is 2. The second-order valence-electron chi connectivity index (χ2n) is 6.16. The lowest BCUT2D eigenvalue weighted by molar-refractivity contribution is 0.560. The van der Waals surface area contributed by atoms with Crippen molar-refractivity contribution < 1.29 is 4.39 Å². The highest BCUT2D eigenvalue weighted by Crippen LogP contribution is 2.26. The standard InChI is InChI=1S/C19H20FN3/c20-16-10-8-15(9-11-16)14-23-18-7-3-2-6-17(18)21-19(23)22-12-4-1-5-13-22/h2-3,6-11H,1,4-5,12-14H2. The molecule has 1 aliphatic heterocycles. The molecule has 4 rings (SSSR count). The first-order chi connectivity index (χ1) is 11.3. The molecule has 3 nitrogen and oxygen atoms in total. The Balaban J connectivity index is 1.77. The van der Waals surface area contributed by atoms with Crippen LogP contribution in [0.15, 0.2) is 48.5 Å². The van der Waals surface area contributed by atoms with E-state index in [-0.39, 0.29) is 5.82 Å². The molecule has 118 valence electrons. The second-order valence-corrected chi connectivity index (χ2v) is 6.16. The van der Waals surface area contributed by atoms with E-state index in [1.165, 1.54) is 31.4 Å². The molecule has 0 radical (unpaired) electrons. The topological polar surface area (TPSA) is 21.1 Å². The number of hydrogen-bond acceptors (Lipinski definition) is 2. The monoisotopic (exact) mass is 309 g/mol. The fraction of sp³-hybridized carbons (Fsp3) is 0.316. The quantitative estimate of drug-likeness (QED) is 0.722. The van der Waals surface area contributed by atoms with Gasteiger partial charge in [-0.25, -0.2) is 9.37 Å². The van der Waals surface area contributed by atoms with Crippen LogP contribution < -0.4 is 4.90 Å². The number of hydrogen-bond donors (Lipinski definition) is 0. The third-order valence-electron chi connectivity index (χ3n) is 4.53. The average Bonchev–Trinajstić information content (AvgIpc) is 2.96. The van der Waals surface area contributed by atoms with Crippen LogP contribution >= 0.6 is 0 Å². The van der Waals surface area contributed by atoms with E-state index in [9.17, 15) is 4.39 Å². The van der Waals surface area contributed by atoms with Crippen molar-refractivity contribution in [3.63, 3.8) is 0 Å². The zero-order valence-electron chi connectivity index (χ0n) is 13.1. The number of benzene rings is 2. The fourth-order valence-electron chi connectivity index (χ4n) is 3.33. The van der Waals surface area contributed by atoms with Crippen LogP contribution in [0.1, 0.15) is 24.8 Å². The van der Waals surface area contributed by atoms with E-state index >= 15 is 0 Å². The molecular weight excluding hydrogens is 289 g/mol. The molecule has 0 unspecified atom stereocenters. The lowest BCUT2D eigenvalue weighted by atomic mass is 10.1. The minimum Gasteiger partial charge on any atom is -0.342 e. The number of halogens is 1. The maximum absolute atomic E-state index is 13.2. The molecule has 2 aromatic carbocycles. The highest BCUT2D eigenvalue weighted by molar-refractivity contribution is 5.79. The maximum Gasteiger partial charge on any atom is 0.206 e. The number of fused-ring (bicyclic) bond motifs is 1. The Bertz CT molecular complexity index is 801. The largest absolute Gasteiger partial charge is 0.342 e. The smallest absolute Gasteiger partial charge is 0.206 e. The summed E-state index contributed by atoms with van der Waals surface area (Å²) in [6.45, 7) is 2.84. The zero-order valence-corrected chi connectivity index (χ0v) is 13.1. The molecule has 0 atom stereocenters. The van der Waals surface area contributed by atoms with Crippen molar-refractivity contribution in [1.82, 2.24) is 9.55 Å². The SMILES string of the molecule is Fc1ccc(Cn2c(N3CCCCC3)nc3ccccc32)cc1. The zero-order chi connectivity index (χ0) is 15.6. The van der Waals surface area contributed by atoms with Crippen LogP contribution in [-0.4, -0.2) is 22.6 Å². The number of rotatable bonds is 3. The first kappa shape index (κ1) is 14.2. The number of anilines is 1. The van der Waals surface area contributed by atoms with E-state index in [4.69, 9.17) is 4.98 Å². The molecule has 1 saturated heterocycles. The molecule has 2 heterocycles. The summed E-state index contributed by atoms with van der Waals surface area (Å²) in [5.41, 5.74) is 3.25. The Kier molecular flexibility index (Phi) is 3.74. The van der Waals surface area contributed by atoms with Gasteiger partial charge in [-0.1, -0.05) is 24.3 Å². The predicted octanol–water partition coefficient (Wildman–Crippen LogP) is 4.21. The van der Waals surface area contributed by atoms with Gasteiger partial charge in [-0.2, -0.15) is 0 Å². The highest BCUT2D eigenvalue weighted by Gasteiger charge is 2.19. The van der Waals surface area contributed by atoms with Gasteiger partial charge in [0.15, 0.2) is 0 Å². The van der Waals surface area contributed by atoms with Crippen molar-refractivity contribution in [2.45, 2.75) is 25.8 Å². The van der Waals surface area contributed by atoms with Gasteiger partial charge in [0.05, 0.1) is 17.6 Å². The first-order valence-electron chi connectivity index (χ1n) is 8.26. The van der Waals surface area contributed by atoms with Crippen LogP contribution in [0.4, 0.5) is 10.3 Å². The van der Waals surface area contributed by atoms with Crippen LogP contribution in [0.3, 0.4) is 0 Å². The van der Waals surface area contributed by atoms with E-state index in [1.807, 2.05) is 24.3 Å². The van der Waals surface area contributed by atoms with Crippen molar-refractivity contribution in [1.29, 1.82) is 0 Å². The molecule has 3 aromatic rings. The summed E-state index contributed by atoms with van der Waals surface area (Å²) in [6, 6.07) is 15.0. The summed E-state index contributed by atoms with van der Waals surface area (Å²) in [4.78, 5) is 7.25. The maximum atomic E-state index is 13.2. The van der Waals surface area contributed by atoms with E-state index in [2.05, 4.69) is 21.6 Å². The van der Waals surface area contributed by atoms with Gasteiger partial charge in [0.1, 0.15) is 5.82 Å². The molecule has 0 N–H and O–H groups in total. The molecule has 0 aliphatic carbocycles. The summed E-state index contributed by atoms with van der Waals surface area (Å²) in [5.74, 6) is 0.843. The van der Waals surface area contributed by atoms with Crippen molar-refractivity contribution in [2.24, 2.45) is 0 Å². The third kappa shape index (κ3) is 2.81. The fourth-order valence-corrected chi connectivity index (χ4v) is 3.33. The molecule has 0 saturated carbocycles.